The second-order valence-corrected chi connectivity index (χ2v) is 5.62. The highest BCUT2D eigenvalue weighted by molar-refractivity contribution is 5.46. The lowest BCUT2D eigenvalue weighted by molar-refractivity contribution is 0.162. The zero-order valence-electron chi connectivity index (χ0n) is 11.5. The molecule has 3 nitrogen and oxygen atoms in total. The second-order valence-electron chi connectivity index (χ2n) is 5.62. The van der Waals surface area contributed by atoms with Gasteiger partial charge in [0, 0.05) is 18.7 Å². The van der Waals surface area contributed by atoms with E-state index in [4.69, 9.17) is 4.74 Å². The maximum Gasteiger partial charge on any atom is 0.138 e. The van der Waals surface area contributed by atoms with Crippen LogP contribution in [0.4, 0.5) is 0 Å². The summed E-state index contributed by atoms with van der Waals surface area (Å²) < 4.78 is 5.84. The van der Waals surface area contributed by atoms with Gasteiger partial charge in [-0.1, -0.05) is 11.6 Å². The third-order valence-electron chi connectivity index (χ3n) is 4.35. The summed E-state index contributed by atoms with van der Waals surface area (Å²) in [6, 6.07) is 8.86. The van der Waals surface area contributed by atoms with Gasteiger partial charge in [0.2, 0.25) is 0 Å². The van der Waals surface area contributed by atoms with E-state index >= 15 is 0 Å². The number of rotatable bonds is 1. The first-order chi connectivity index (χ1) is 9.26. The molecule has 100 valence electrons. The third kappa shape index (κ3) is 2.01. The molecule has 3 rings (SSSR count). The topological polar surface area (TPSA) is 36.3 Å². The van der Waals surface area contributed by atoms with E-state index in [1.54, 1.807) is 0 Å². The van der Waals surface area contributed by atoms with Crippen LogP contribution in [0.5, 0.6) is 5.75 Å². The maximum absolute atomic E-state index is 9.92. The molecule has 2 aliphatic heterocycles. The summed E-state index contributed by atoms with van der Waals surface area (Å²) in [4.78, 5) is 2.36. The van der Waals surface area contributed by atoms with E-state index in [-0.39, 0.29) is 0 Å². The molecule has 1 saturated heterocycles. The van der Waals surface area contributed by atoms with E-state index in [9.17, 15) is 5.26 Å². The fourth-order valence-corrected chi connectivity index (χ4v) is 3.35. The van der Waals surface area contributed by atoms with Crippen LogP contribution in [0.15, 0.2) is 18.2 Å². The van der Waals surface area contributed by atoms with Crippen LogP contribution in [0, 0.1) is 18.3 Å². The molecule has 0 aliphatic carbocycles. The minimum Gasteiger partial charge on any atom is -0.493 e. The van der Waals surface area contributed by atoms with E-state index in [2.05, 4.69) is 30.0 Å². The van der Waals surface area contributed by atoms with Crippen molar-refractivity contribution in [2.75, 3.05) is 19.7 Å². The van der Waals surface area contributed by atoms with Gasteiger partial charge in [0.25, 0.3) is 0 Å². The van der Waals surface area contributed by atoms with Crippen molar-refractivity contribution in [2.45, 2.75) is 38.1 Å². The predicted molar refractivity (Wildman–Crippen MR) is 74.0 cm³/mol. The normalized spacial score (nSPS) is 27.2. The number of hydrogen-bond acceptors (Lipinski definition) is 3. The van der Waals surface area contributed by atoms with E-state index in [1.807, 2.05) is 6.07 Å². The molecule has 0 N–H and O–H groups in total. The molecule has 0 spiro atoms. The standard InChI is InChI=1S/C16H20N2O/c1-13-5-6-15-14(11-13)16(12-17,7-4-10-19-15)18-8-2-3-9-18/h5-6,11H,2-4,7-10H2,1H3. The van der Waals surface area contributed by atoms with Crippen LogP contribution in [-0.2, 0) is 5.54 Å². The summed E-state index contributed by atoms with van der Waals surface area (Å²) in [5, 5.41) is 9.92. The summed E-state index contributed by atoms with van der Waals surface area (Å²) >= 11 is 0. The average Bonchev–Trinajstić information content (AvgIpc) is 2.89. The number of likely N-dealkylation sites (tertiary alicyclic amines) is 1. The van der Waals surface area contributed by atoms with Gasteiger partial charge in [-0.3, -0.25) is 4.90 Å². The van der Waals surface area contributed by atoms with Crippen molar-refractivity contribution >= 4 is 0 Å². The first kappa shape index (κ1) is 12.5. The molecule has 0 aromatic heterocycles. The van der Waals surface area contributed by atoms with Gasteiger partial charge in [0.05, 0.1) is 12.7 Å². The van der Waals surface area contributed by atoms with Gasteiger partial charge in [0.15, 0.2) is 0 Å². The Balaban J connectivity index is 2.14. The molecule has 1 unspecified atom stereocenters. The predicted octanol–water partition coefficient (Wildman–Crippen LogP) is 2.98. The molecule has 3 heteroatoms. The summed E-state index contributed by atoms with van der Waals surface area (Å²) in [7, 11) is 0. The average molecular weight is 256 g/mol. The zero-order valence-corrected chi connectivity index (χ0v) is 11.5. The van der Waals surface area contributed by atoms with Crippen molar-refractivity contribution in [1.82, 2.24) is 4.90 Å². The van der Waals surface area contributed by atoms with Crippen LogP contribution in [0.2, 0.25) is 0 Å². The quantitative estimate of drug-likeness (QED) is 0.775. The molecule has 1 atom stereocenters. The van der Waals surface area contributed by atoms with Crippen LogP contribution >= 0.6 is 0 Å². The van der Waals surface area contributed by atoms with Gasteiger partial charge < -0.3 is 4.74 Å². The molecule has 19 heavy (non-hydrogen) atoms. The Morgan fingerprint density at radius 3 is 2.79 bits per heavy atom. The number of nitriles is 1. The Hall–Kier alpha value is -1.53. The first-order valence-electron chi connectivity index (χ1n) is 7.16. The molecular formula is C16H20N2O. The highest BCUT2D eigenvalue weighted by Gasteiger charge is 2.43. The van der Waals surface area contributed by atoms with E-state index < -0.39 is 5.54 Å². The lowest BCUT2D eigenvalue weighted by atomic mass is 9.84. The van der Waals surface area contributed by atoms with Crippen LogP contribution < -0.4 is 4.74 Å². The Labute approximate surface area is 114 Å². The van der Waals surface area contributed by atoms with E-state index in [0.29, 0.717) is 6.61 Å². The molecule has 1 aromatic carbocycles. The van der Waals surface area contributed by atoms with Crippen LogP contribution in [0.3, 0.4) is 0 Å². The summed E-state index contributed by atoms with van der Waals surface area (Å²) in [6.45, 7) is 4.85. The molecule has 0 radical (unpaired) electrons. The van der Waals surface area contributed by atoms with Crippen molar-refractivity contribution in [3.63, 3.8) is 0 Å². The number of hydrogen-bond donors (Lipinski definition) is 0. The van der Waals surface area contributed by atoms with Gasteiger partial charge in [-0.25, -0.2) is 0 Å². The highest BCUT2D eigenvalue weighted by Crippen LogP contribution is 2.42. The van der Waals surface area contributed by atoms with Crippen molar-refractivity contribution < 1.29 is 4.74 Å². The minimum absolute atomic E-state index is 0.478. The minimum atomic E-state index is -0.478. The lowest BCUT2D eigenvalue weighted by Crippen LogP contribution is -2.43. The molecule has 1 aromatic rings. The highest BCUT2D eigenvalue weighted by atomic mass is 16.5. The summed E-state index contributed by atoms with van der Waals surface area (Å²) in [6.07, 6.45) is 4.22. The lowest BCUT2D eigenvalue weighted by Gasteiger charge is -2.36. The SMILES string of the molecule is Cc1ccc2c(c1)C(C#N)(N1CCCC1)CCCO2. The number of aryl methyl sites for hydroxylation is 1. The monoisotopic (exact) mass is 256 g/mol. The Morgan fingerprint density at radius 1 is 1.26 bits per heavy atom. The number of nitrogens with zero attached hydrogens (tertiary/aromatic N) is 2. The smallest absolute Gasteiger partial charge is 0.138 e. The molecule has 2 heterocycles. The number of ether oxygens (including phenoxy) is 1. The molecule has 0 bridgehead atoms. The number of fused-ring (bicyclic) bond motifs is 1. The van der Waals surface area contributed by atoms with E-state index in [1.165, 1.54) is 18.4 Å². The van der Waals surface area contributed by atoms with Crippen molar-refractivity contribution in [2.24, 2.45) is 0 Å². The maximum atomic E-state index is 9.92. The molecule has 0 saturated carbocycles. The number of benzene rings is 1. The van der Waals surface area contributed by atoms with Crippen molar-refractivity contribution in [3.8, 4) is 11.8 Å². The Kier molecular flexibility index (Phi) is 3.20. The van der Waals surface area contributed by atoms with E-state index in [0.717, 1.165) is 37.2 Å². The fourth-order valence-electron chi connectivity index (χ4n) is 3.35. The first-order valence-corrected chi connectivity index (χ1v) is 7.16. The second kappa shape index (κ2) is 4.86. The van der Waals surface area contributed by atoms with Crippen LogP contribution in [0.25, 0.3) is 0 Å². The van der Waals surface area contributed by atoms with Crippen LogP contribution in [-0.4, -0.2) is 24.6 Å². The van der Waals surface area contributed by atoms with Crippen LogP contribution in [0.1, 0.15) is 36.8 Å². The van der Waals surface area contributed by atoms with Gasteiger partial charge >= 0.3 is 0 Å². The summed E-state index contributed by atoms with van der Waals surface area (Å²) in [5.74, 6) is 0.900. The molecule has 1 fully saturated rings. The third-order valence-corrected chi connectivity index (χ3v) is 4.35. The van der Waals surface area contributed by atoms with Crippen molar-refractivity contribution in [1.29, 1.82) is 5.26 Å². The van der Waals surface area contributed by atoms with Gasteiger partial charge in [-0.05, 0) is 44.7 Å². The van der Waals surface area contributed by atoms with Gasteiger partial charge in [-0.15, -0.1) is 0 Å². The summed E-state index contributed by atoms with van der Waals surface area (Å²) in [5.41, 5.74) is 1.80. The van der Waals surface area contributed by atoms with Crippen molar-refractivity contribution in [3.05, 3.63) is 29.3 Å². The van der Waals surface area contributed by atoms with Gasteiger partial charge in [0.1, 0.15) is 11.3 Å². The molecule has 2 aliphatic rings. The zero-order chi connectivity index (χ0) is 13.3. The largest absolute Gasteiger partial charge is 0.493 e. The Bertz CT molecular complexity index is 514. The molecule has 0 amide bonds. The Morgan fingerprint density at radius 2 is 2.05 bits per heavy atom. The fraction of sp³-hybridized carbons (Fsp3) is 0.562. The molecular weight excluding hydrogens is 236 g/mol. The van der Waals surface area contributed by atoms with Gasteiger partial charge in [-0.2, -0.15) is 5.26 Å².